The molecular weight excluding hydrogens is 312 g/mol. The van der Waals surface area contributed by atoms with Crippen LogP contribution in [-0.4, -0.2) is 25.8 Å². The average Bonchev–Trinajstić information content (AvgIpc) is 2.29. The van der Waals surface area contributed by atoms with Crippen molar-refractivity contribution in [1.29, 1.82) is 0 Å². The van der Waals surface area contributed by atoms with Crippen LogP contribution in [0, 0.1) is 12.8 Å². The van der Waals surface area contributed by atoms with E-state index in [-0.39, 0.29) is 0 Å². The monoisotopic (exact) mass is 332 g/mol. The molecule has 4 heteroatoms. The molecule has 2 nitrogen and oxygen atoms in total. The number of hydrogen-bond donors (Lipinski definition) is 0. The number of aryl methyl sites for hydroxylation is 1. The third-order valence-electron chi connectivity index (χ3n) is 2.99. The van der Waals surface area contributed by atoms with E-state index in [4.69, 9.17) is 0 Å². The minimum Gasteiger partial charge on any atom is -0.229 e. The first-order valence-electron chi connectivity index (χ1n) is 6.20. The minimum absolute atomic E-state index is 0.296. The Morgan fingerprint density at radius 1 is 1.22 bits per heavy atom. The summed E-state index contributed by atoms with van der Waals surface area (Å²) >= 11 is 3.52. The molecule has 0 N–H and O–H groups in total. The van der Waals surface area contributed by atoms with E-state index in [0.717, 1.165) is 24.6 Å². The van der Waals surface area contributed by atoms with Gasteiger partial charge in [-0.15, -0.1) is 0 Å². The smallest absolute Gasteiger partial charge is 0.147 e. The zero-order valence-corrected chi connectivity index (χ0v) is 13.4. The first-order chi connectivity index (χ1) is 8.40. The second kappa shape index (κ2) is 7.29. The topological polar surface area (TPSA) is 34.1 Å². The molecule has 0 aliphatic carbocycles. The second-order valence-electron chi connectivity index (χ2n) is 4.98. The lowest BCUT2D eigenvalue weighted by Gasteiger charge is -2.13. The summed E-state index contributed by atoms with van der Waals surface area (Å²) in [4.78, 5) is 0. The predicted molar refractivity (Wildman–Crippen MR) is 81.1 cm³/mol. The largest absolute Gasteiger partial charge is 0.229 e. The summed E-state index contributed by atoms with van der Waals surface area (Å²) in [6.07, 6.45) is 4.01. The Labute approximate surface area is 119 Å². The van der Waals surface area contributed by atoms with Gasteiger partial charge in [0, 0.05) is 17.3 Å². The van der Waals surface area contributed by atoms with Crippen molar-refractivity contribution in [3.63, 3.8) is 0 Å². The van der Waals surface area contributed by atoms with Gasteiger partial charge in [0.2, 0.25) is 0 Å². The summed E-state index contributed by atoms with van der Waals surface area (Å²) in [6, 6.07) is 8.55. The van der Waals surface area contributed by atoms with Crippen LogP contribution in [-0.2, 0) is 16.3 Å². The van der Waals surface area contributed by atoms with E-state index in [2.05, 4.69) is 47.1 Å². The highest BCUT2D eigenvalue weighted by atomic mass is 79.9. The molecule has 0 heterocycles. The number of halogens is 1. The number of alkyl halides is 1. The van der Waals surface area contributed by atoms with Gasteiger partial charge in [0.25, 0.3) is 0 Å². The molecule has 102 valence electrons. The van der Waals surface area contributed by atoms with Crippen molar-refractivity contribution in [3.05, 3.63) is 35.4 Å². The van der Waals surface area contributed by atoms with Gasteiger partial charge >= 0.3 is 0 Å². The average molecular weight is 333 g/mol. The summed E-state index contributed by atoms with van der Waals surface area (Å²) < 4.78 is 22.2. The molecule has 1 aromatic carbocycles. The molecule has 0 fully saturated rings. The van der Waals surface area contributed by atoms with Crippen molar-refractivity contribution in [3.8, 4) is 0 Å². The Bertz CT molecular complexity index is 451. The molecule has 0 saturated carbocycles. The fourth-order valence-corrected chi connectivity index (χ4v) is 3.17. The highest BCUT2D eigenvalue weighted by Gasteiger charge is 2.10. The molecule has 1 unspecified atom stereocenters. The van der Waals surface area contributed by atoms with E-state index >= 15 is 0 Å². The maximum absolute atomic E-state index is 11.1. The zero-order valence-electron chi connectivity index (χ0n) is 11.0. The summed E-state index contributed by atoms with van der Waals surface area (Å²) in [5, 5.41) is 0.921. The van der Waals surface area contributed by atoms with E-state index in [1.807, 2.05) is 0 Å². The number of hydrogen-bond acceptors (Lipinski definition) is 2. The van der Waals surface area contributed by atoms with Gasteiger partial charge in [-0.1, -0.05) is 45.8 Å². The third kappa shape index (κ3) is 6.55. The van der Waals surface area contributed by atoms with Gasteiger partial charge in [-0.2, -0.15) is 0 Å². The van der Waals surface area contributed by atoms with Gasteiger partial charge in [-0.3, -0.25) is 0 Å². The molecule has 0 aliphatic rings. The second-order valence-corrected chi connectivity index (χ2v) is 7.89. The van der Waals surface area contributed by atoms with Gasteiger partial charge in [0.1, 0.15) is 9.84 Å². The Morgan fingerprint density at radius 3 is 2.33 bits per heavy atom. The van der Waals surface area contributed by atoms with Crippen LogP contribution in [0.4, 0.5) is 0 Å². The number of sulfone groups is 1. The molecule has 0 aliphatic heterocycles. The van der Waals surface area contributed by atoms with Crippen molar-refractivity contribution in [2.75, 3.05) is 17.3 Å². The molecule has 0 spiro atoms. The highest BCUT2D eigenvalue weighted by Crippen LogP contribution is 2.17. The zero-order chi connectivity index (χ0) is 13.6. The van der Waals surface area contributed by atoms with E-state index in [1.165, 1.54) is 17.4 Å². The van der Waals surface area contributed by atoms with Crippen LogP contribution in [0.3, 0.4) is 0 Å². The minimum atomic E-state index is -2.82. The Morgan fingerprint density at radius 2 is 1.83 bits per heavy atom. The van der Waals surface area contributed by atoms with Gasteiger partial charge in [0.05, 0.1) is 0 Å². The quantitative estimate of drug-likeness (QED) is 0.717. The third-order valence-corrected chi connectivity index (χ3v) is 4.94. The number of rotatable bonds is 7. The lowest BCUT2D eigenvalue weighted by Crippen LogP contribution is -2.10. The molecule has 1 rings (SSSR count). The van der Waals surface area contributed by atoms with Crippen LogP contribution in [0.5, 0.6) is 0 Å². The summed E-state index contributed by atoms with van der Waals surface area (Å²) in [6.45, 7) is 2.08. The van der Waals surface area contributed by atoms with Crippen molar-refractivity contribution in [2.24, 2.45) is 5.92 Å². The van der Waals surface area contributed by atoms with Crippen LogP contribution in [0.1, 0.15) is 24.0 Å². The Hall–Kier alpha value is -0.350. The van der Waals surface area contributed by atoms with Crippen LogP contribution >= 0.6 is 15.9 Å². The van der Waals surface area contributed by atoms with Gasteiger partial charge in [-0.25, -0.2) is 8.42 Å². The van der Waals surface area contributed by atoms with Gasteiger partial charge in [0.15, 0.2) is 0 Å². The van der Waals surface area contributed by atoms with Gasteiger partial charge < -0.3 is 0 Å². The Balaban J connectivity index is 2.44. The maximum atomic E-state index is 11.1. The maximum Gasteiger partial charge on any atom is 0.147 e. The SMILES string of the molecule is Cc1ccc(CC(CBr)CCCS(C)(=O)=O)cc1. The highest BCUT2D eigenvalue weighted by molar-refractivity contribution is 9.09. The molecule has 0 aromatic heterocycles. The van der Waals surface area contributed by atoms with E-state index in [0.29, 0.717) is 11.7 Å². The molecule has 1 atom stereocenters. The van der Waals surface area contributed by atoms with Gasteiger partial charge in [-0.05, 0) is 37.7 Å². The summed E-state index contributed by atoms with van der Waals surface area (Å²) in [5.74, 6) is 0.805. The number of benzene rings is 1. The molecule has 1 aromatic rings. The van der Waals surface area contributed by atoms with Crippen LogP contribution in [0.15, 0.2) is 24.3 Å². The molecular formula is C14H21BrO2S. The van der Waals surface area contributed by atoms with Crippen LogP contribution in [0.2, 0.25) is 0 Å². The van der Waals surface area contributed by atoms with E-state index in [1.54, 1.807) is 0 Å². The summed E-state index contributed by atoms with van der Waals surface area (Å²) in [5.41, 5.74) is 2.59. The normalized spacial score (nSPS) is 13.5. The lowest BCUT2D eigenvalue weighted by atomic mass is 9.96. The van der Waals surface area contributed by atoms with Crippen molar-refractivity contribution < 1.29 is 8.42 Å². The molecule has 0 radical (unpaired) electrons. The Kier molecular flexibility index (Phi) is 6.36. The first kappa shape index (κ1) is 15.7. The van der Waals surface area contributed by atoms with Crippen LogP contribution in [0.25, 0.3) is 0 Å². The van der Waals surface area contributed by atoms with Crippen molar-refractivity contribution in [1.82, 2.24) is 0 Å². The summed E-state index contributed by atoms with van der Waals surface area (Å²) in [7, 11) is -2.82. The van der Waals surface area contributed by atoms with Crippen molar-refractivity contribution in [2.45, 2.75) is 26.2 Å². The molecule has 18 heavy (non-hydrogen) atoms. The van der Waals surface area contributed by atoms with E-state index < -0.39 is 9.84 Å². The van der Waals surface area contributed by atoms with Crippen LogP contribution < -0.4 is 0 Å². The standard InChI is InChI=1S/C14H21BrO2S/c1-12-5-7-13(8-6-12)10-14(11-15)4-3-9-18(2,16)17/h5-8,14H,3-4,9-11H2,1-2H3. The molecule has 0 bridgehead atoms. The predicted octanol–water partition coefficient (Wildman–Crippen LogP) is 3.37. The fraction of sp³-hybridized carbons (Fsp3) is 0.571. The van der Waals surface area contributed by atoms with E-state index in [9.17, 15) is 8.42 Å². The first-order valence-corrected chi connectivity index (χ1v) is 9.38. The molecule has 0 amide bonds. The lowest BCUT2D eigenvalue weighted by molar-refractivity contribution is 0.529. The fourth-order valence-electron chi connectivity index (χ4n) is 1.93. The van der Waals surface area contributed by atoms with Crippen molar-refractivity contribution >= 4 is 25.8 Å². The molecule has 0 saturated heterocycles.